The van der Waals surface area contributed by atoms with Crippen molar-refractivity contribution in [2.45, 2.75) is 43.7 Å². The van der Waals surface area contributed by atoms with E-state index in [9.17, 15) is 4.79 Å². The second-order valence-electron chi connectivity index (χ2n) is 5.63. The van der Waals surface area contributed by atoms with Crippen molar-refractivity contribution in [3.8, 4) is 0 Å². The van der Waals surface area contributed by atoms with E-state index in [0.29, 0.717) is 24.4 Å². The molecule has 1 aromatic rings. The van der Waals surface area contributed by atoms with Gasteiger partial charge in [-0.3, -0.25) is 4.79 Å². The Morgan fingerprint density at radius 3 is 2.79 bits per heavy atom. The fraction of sp³-hybridized carbons (Fsp3) is 0.533. The summed E-state index contributed by atoms with van der Waals surface area (Å²) in [5, 5.41) is 6.59. The molecule has 4 heteroatoms. The predicted octanol–water partition coefficient (Wildman–Crippen LogP) is 2.56. The first-order valence-electron chi connectivity index (χ1n) is 6.99. The third kappa shape index (κ3) is 3.18. The second kappa shape index (κ2) is 5.63. The van der Waals surface area contributed by atoms with Crippen LogP contribution >= 0.6 is 15.9 Å². The molecule has 1 amide bonds. The molecule has 0 radical (unpaired) electrons. The van der Waals surface area contributed by atoms with Crippen LogP contribution in [0.3, 0.4) is 0 Å². The highest BCUT2D eigenvalue weighted by Crippen LogP contribution is 2.38. The van der Waals surface area contributed by atoms with Crippen LogP contribution in [0.5, 0.6) is 0 Å². The third-order valence-electron chi connectivity index (χ3n) is 4.20. The van der Waals surface area contributed by atoms with Crippen LogP contribution in [0.15, 0.2) is 28.7 Å². The fourth-order valence-corrected chi connectivity index (χ4v) is 3.41. The minimum absolute atomic E-state index is 0.193. The molecular formula is C15H19BrN2O. The average Bonchev–Trinajstić information content (AvgIpc) is 2.35. The summed E-state index contributed by atoms with van der Waals surface area (Å²) in [4.78, 5) is 11.1. The molecule has 1 aliphatic carbocycles. The minimum atomic E-state index is 0.193. The van der Waals surface area contributed by atoms with E-state index in [-0.39, 0.29) is 5.91 Å². The molecule has 3 nitrogen and oxygen atoms in total. The van der Waals surface area contributed by atoms with Gasteiger partial charge in [0.15, 0.2) is 0 Å². The topological polar surface area (TPSA) is 41.1 Å². The zero-order chi connectivity index (χ0) is 13.2. The molecule has 0 aromatic heterocycles. The van der Waals surface area contributed by atoms with Crippen molar-refractivity contribution < 1.29 is 4.79 Å². The molecule has 2 fully saturated rings. The highest BCUT2D eigenvalue weighted by Gasteiger charge is 2.32. The smallest absolute Gasteiger partial charge is 0.220 e. The van der Waals surface area contributed by atoms with Gasteiger partial charge >= 0.3 is 0 Å². The van der Waals surface area contributed by atoms with Crippen LogP contribution < -0.4 is 10.6 Å². The molecule has 1 aromatic carbocycles. The van der Waals surface area contributed by atoms with E-state index in [1.54, 1.807) is 0 Å². The van der Waals surface area contributed by atoms with E-state index in [0.717, 1.165) is 17.4 Å². The van der Waals surface area contributed by atoms with Crippen LogP contribution in [-0.4, -0.2) is 24.5 Å². The maximum Gasteiger partial charge on any atom is 0.220 e. The van der Waals surface area contributed by atoms with Crippen LogP contribution in [0.4, 0.5) is 0 Å². The molecule has 3 rings (SSSR count). The molecule has 0 bridgehead atoms. The van der Waals surface area contributed by atoms with Crippen LogP contribution in [0.25, 0.3) is 0 Å². The van der Waals surface area contributed by atoms with Crippen LogP contribution in [0, 0.1) is 0 Å². The van der Waals surface area contributed by atoms with Crippen molar-refractivity contribution in [1.82, 2.24) is 10.6 Å². The number of nitrogens with one attached hydrogen (secondary N) is 2. The Morgan fingerprint density at radius 2 is 2.11 bits per heavy atom. The first-order valence-corrected chi connectivity index (χ1v) is 7.78. The maximum atomic E-state index is 11.1. The summed E-state index contributed by atoms with van der Waals surface area (Å²) in [5.41, 5.74) is 1.43. The fourth-order valence-electron chi connectivity index (χ4n) is 3.00. The number of halogens is 1. The van der Waals surface area contributed by atoms with Gasteiger partial charge in [-0.05, 0) is 42.9 Å². The van der Waals surface area contributed by atoms with Gasteiger partial charge in [0.1, 0.15) is 0 Å². The normalized spacial score (nSPS) is 30.6. The lowest BCUT2D eigenvalue weighted by Crippen LogP contribution is -2.52. The SMILES string of the molecule is O=C1CCC(NC2CC(c3cccc(Br)c3)C2)CN1. The van der Waals surface area contributed by atoms with E-state index in [2.05, 4.69) is 50.8 Å². The molecule has 0 spiro atoms. The average molecular weight is 323 g/mol. The Bertz CT molecular complexity index is 461. The lowest BCUT2D eigenvalue weighted by molar-refractivity contribution is -0.122. The Kier molecular flexibility index (Phi) is 3.89. The van der Waals surface area contributed by atoms with Gasteiger partial charge in [0.2, 0.25) is 5.91 Å². The van der Waals surface area contributed by atoms with E-state index in [1.807, 2.05) is 0 Å². The Hall–Kier alpha value is -0.870. The number of piperidine rings is 1. The first-order chi connectivity index (χ1) is 9.20. The number of hydrogen-bond donors (Lipinski definition) is 2. The summed E-state index contributed by atoms with van der Waals surface area (Å²) in [6.45, 7) is 0.789. The maximum absolute atomic E-state index is 11.1. The summed E-state index contributed by atoms with van der Waals surface area (Å²) in [7, 11) is 0. The summed E-state index contributed by atoms with van der Waals surface area (Å²) in [5.74, 6) is 0.881. The van der Waals surface area contributed by atoms with E-state index < -0.39 is 0 Å². The Labute approximate surface area is 122 Å². The number of hydrogen-bond acceptors (Lipinski definition) is 2. The van der Waals surface area contributed by atoms with Crippen molar-refractivity contribution in [3.63, 3.8) is 0 Å². The number of benzene rings is 1. The first kappa shape index (κ1) is 13.1. The molecule has 1 saturated carbocycles. The zero-order valence-corrected chi connectivity index (χ0v) is 12.4. The van der Waals surface area contributed by atoms with Gasteiger partial charge in [0.05, 0.1) is 0 Å². The quantitative estimate of drug-likeness (QED) is 0.898. The van der Waals surface area contributed by atoms with Gasteiger partial charge in [-0.25, -0.2) is 0 Å². The van der Waals surface area contributed by atoms with Gasteiger partial charge in [-0.1, -0.05) is 28.1 Å². The number of amides is 1. The molecule has 19 heavy (non-hydrogen) atoms. The Balaban J connectivity index is 1.46. The zero-order valence-electron chi connectivity index (χ0n) is 10.9. The van der Waals surface area contributed by atoms with Crippen molar-refractivity contribution in [2.24, 2.45) is 0 Å². The Morgan fingerprint density at radius 1 is 1.26 bits per heavy atom. The molecule has 102 valence electrons. The van der Waals surface area contributed by atoms with E-state index in [4.69, 9.17) is 0 Å². The highest BCUT2D eigenvalue weighted by atomic mass is 79.9. The number of rotatable bonds is 3. The van der Waals surface area contributed by atoms with Crippen LogP contribution in [-0.2, 0) is 4.79 Å². The highest BCUT2D eigenvalue weighted by molar-refractivity contribution is 9.10. The number of carbonyl (C=O) groups excluding carboxylic acids is 1. The molecule has 2 aliphatic rings. The monoisotopic (exact) mass is 322 g/mol. The van der Waals surface area contributed by atoms with E-state index in [1.165, 1.54) is 18.4 Å². The lowest BCUT2D eigenvalue weighted by atomic mass is 9.75. The standard InChI is InChI=1S/C15H19BrN2O/c16-12-3-1-2-10(6-12)11-7-14(8-11)18-13-4-5-15(19)17-9-13/h1-3,6,11,13-14,18H,4-5,7-9H2,(H,17,19). The molecular weight excluding hydrogens is 304 g/mol. The predicted molar refractivity (Wildman–Crippen MR) is 79.1 cm³/mol. The summed E-state index contributed by atoms with van der Waals surface area (Å²) >= 11 is 3.53. The second-order valence-corrected chi connectivity index (χ2v) is 6.54. The van der Waals surface area contributed by atoms with Crippen molar-refractivity contribution in [2.75, 3.05) is 6.54 Å². The van der Waals surface area contributed by atoms with Gasteiger partial charge in [0.25, 0.3) is 0 Å². The lowest BCUT2D eigenvalue weighted by Gasteiger charge is -2.39. The molecule has 1 aliphatic heterocycles. The molecule has 1 atom stereocenters. The van der Waals surface area contributed by atoms with Gasteiger partial charge < -0.3 is 10.6 Å². The molecule has 1 saturated heterocycles. The summed E-state index contributed by atoms with van der Waals surface area (Å²) in [6.07, 6.45) is 4.06. The largest absolute Gasteiger partial charge is 0.355 e. The molecule has 2 N–H and O–H groups in total. The summed E-state index contributed by atoms with van der Waals surface area (Å²) in [6, 6.07) is 9.70. The van der Waals surface area contributed by atoms with Crippen molar-refractivity contribution >= 4 is 21.8 Å². The van der Waals surface area contributed by atoms with Crippen molar-refractivity contribution in [3.05, 3.63) is 34.3 Å². The van der Waals surface area contributed by atoms with E-state index >= 15 is 0 Å². The third-order valence-corrected chi connectivity index (χ3v) is 4.69. The molecule has 1 unspecified atom stereocenters. The van der Waals surface area contributed by atoms with Crippen LogP contribution in [0.2, 0.25) is 0 Å². The van der Waals surface area contributed by atoms with Gasteiger partial charge in [-0.15, -0.1) is 0 Å². The molecule has 1 heterocycles. The number of carbonyl (C=O) groups is 1. The summed E-state index contributed by atoms with van der Waals surface area (Å²) < 4.78 is 1.16. The van der Waals surface area contributed by atoms with Gasteiger partial charge in [-0.2, -0.15) is 0 Å². The minimum Gasteiger partial charge on any atom is -0.355 e. The van der Waals surface area contributed by atoms with Crippen molar-refractivity contribution in [1.29, 1.82) is 0 Å². The van der Waals surface area contributed by atoms with Gasteiger partial charge in [0, 0.05) is 29.5 Å². The van der Waals surface area contributed by atoms with Crippen LogP contribution in [0.1, 0.15) is 37.2 Å².